The molecule has 1 atom stereocenters. The Balaban J connectivity index is 2.29. The van der Waals surface area contributed by atoms with Crippen molar-refractivity contribution < 1.29 is 4.79 Å². The van der Waals surface area contributed by atoms with E-state index in [4.69, 9.17) is 0 Å². The first kappa shape index (κ1) is 13.3. The van der Waals surface area contributed by atoms with Gasteiger partial charge in [0.05, 0.1) is 0 Å². The predicted molar refractivity (Wildman–Crippen MR) is 67.3 cm³/mol. The molecule has 16 heavy (non-hydrogen) atoms. The second-order valence-corrected chi connectivity index (χ2v) is 5.59. The molecule has 1 aliphatic carbocycles. The van der Waals surface area contributed by atoms with E-state index in [1.165, 1.54) is 6.42 Å². The van der Waals surface area contributed by atoms with Crippen molar-refractivity contribution in [2.45, 2.75) is 46.1 Å². The first-order valence-electron chi connectivity index (χ1n) is 6.43. The summed E-state index contributed by atoms with van der Waals surface area (Å²) in [5, 5.41) is 3.05. The molecular weight excluding hydrogens is 200 g/mol. The molecule has 2 amide bonds. The highest BCUT2D eigenvalue weighted by Gasteiger charge is 2.36. The maximum atomic E-state index is 11.4. The minimum atomic E-state index is 0.0426. The monoisotopic (exact) mass is 226 g/mol. The number of urea groups is 1. The highest BCUT2D eigenvalue weighted by atomic mass is 16.2. The van der Waals surface area contributed by atoms with Crippen LogP contribution >= 0.6 is 0 Å². The van der Waals surface area contributed by atoms with Crippen LogP contribution in [-0.2, 0) is 0 Å². The first-order valence-corrected chi connectivity index (χ1v) is 6.43. The van der Waals surface area contributed by atoms with Crippen LogP contribution in [0, 0.1) is 17.8 Å². The molecule has 3 heteroatoms. The third-order valence-electron chi connectivity index (χ3n) is 3.84. The number of amides is 2. The number of rotatable bonds is 4. The smallest absolute Gasteiger partial charge is 0.317 e. The van der Waals surface area contributed by atoms with Gasteiger partial charge in [-0.3, -0.25) is 0 Å². The van der Waals surface area contributed by atoms with Crippen LogP contribution in [0.15, 0.2) is 0 Å². The molecule has 0 spiro atoms. The number of carbonyl (C=O) groups excluding carboxylic acids is 1. The Morgan fingerprint density at radius 2 is 1.94 bits per heavy atom. The van der Waals surface area contributed by atoms with Gasteiger partial charge in [0.2, 0.25) is 0 Å². The molecule has 0 aliphatic heterocycles. The van der Waals surface area contributed by atoms with Crippen molar-refractivity contribution in [3.63, 3.8) is 0 Å². The van der Waals surface area contributed by atoms with Crippen molar-refractivity contribution in [1.29, 1.82) is 0 Å². The zero-order chi connectivity index (χ0) is 12.3. The van der Waals surface area contributed by atoms with Crippen LogP contribution in [-0.4, -0.2) is 31.1 Å². The number of nitrogens with zero attached hydrogens (tertiary/aromatic N) is 1. The van der Waals surface area contributed by atoms with Crippen LogP contribution in [0.5, 0.6) is 0 Å². The molecule has 94 valence electrons. The summed E-state index contributed by atoms with van der Waals surface area (Å²) in [6.45, 7) is 6.89. The quantitative estimate of drug-likeness (QED) is 0.785. The van der Waals surface area contributed by atoms with Gasteiger partial charge in [-0.15, -0.1) is 0 Å². The largest absolute Gasteiger partial charge is 0.335 e. The van der Waals surface area contributed by atoms with Gasteiger partial charge in [-0.2, -0.15) is 0 Å². The van der Waals surface area contributed by atoms with Gasteiger partial charge < -0.3 is 10.2 Å². The fourth-order valence-electron chi connectivity index (χ4n) is 2.78. The fourth-order valence-corrected chi connectivity index (χ4v) is 2.78. The maximum absolute atomic E-state index is 11.4. The average molecular weight is 226 g/mol. The van der Waals surface area contributed by atoms with Crippen LogP contribution in [0.3, 0.4) is 0 Å². The first-order chi connectivity index (χ1) is 7.45. The van der Waals surface area contributed by atoms with Crippen LogP contribution in [0.1, 0.15) is 40.0 Å². The summed E-state index contributed by atoms with van der Waals surface area (Å²) in [5.41, 5.74) is 0. The molecule has 1 aliphatic rings. The van der Waals surface area contributed by atoms with E-state index in [2.05, 4.69) is 26.1 Å². The van der Waals surface area contributed by atoms with Crippen LogP contribution < -0.4 is 5.32 Å². The number of carbonyl (C=O) groups is 1. The van der Waals surface area contributed by atoms with E-state index in [0.29, 0.717) is 6.04 Å². The zero-order valence-electron chi connectivity index (χ0n) is 11.3. The van der Waals surface area contributed by atoms with Crippen molar-refractivity contribution >= 4 is 6.03 Å². The van der Waals surface area contributed by atoms with Crippen LogP contribution in [0.2, 0.25) is 0 Å². The van der Waals surface area contributed by atoms with Gasteiger partial charge in [-0.1, -0.05) is 27.2 Å². The van der Waals surface area contributed by atoms with E-state index in [-0.39, 0.29) is 6.03 Å². The molecule has 0 saturated heterocycles. The third-order valence-corrected chi connectivity index (χ3v) is 3.84. The van der Waals surface area contributed by atoms with E-state index in [9.17, 15) is 4.79 Å². The number of hydrogen-bond donors (Lipinski definition) is 1. The lowest BCUT2D eigenvalue weighted by atomic mass is 9.68. The lowest BCUT2D eigenvalue weighted by Gasteiger charge is -2.42. The minimum Gasteiger partial charge on any atom is -0.335 e. The van der Waals surface area contributed by atoms with E-state index in [1.807, 2.05) is 0 Å². The molecule has 0 radical (unpaired) electrons. The molecule has 0 aromatic rings. The van der Waals surface area contributed by atoms with Crippen LogP contribution in [0.25, 0.3) is 0 Å². The van der Waals surface area contributed by atoms with Gasteiger partial charge in [0.15, 0.2) is 0 Å². The molecule has 1 rings (SSSR count). The Hall–Kier alpha value is -0.730. The molecule has 1 unspecified atom stereocenters. The van der Waals surface area contributed by atoms with E-state index >= 15 is 0 Å². The minimum absolute atomic E-state index is 0.0426. The molecular formula is C13H26N2O. The summed E-state index contributed by atoms with van der Waals surface area (Å²) < 4.78 is 0. The highest BCUT2D eigenvalue weighted by Crippen LogP contribution is 2.39. The Kier molecular flexibility index (Phi) is 4.63. The third kappa shape index (κ3) is 3.13. The second-order valence-electron chi connectivity index (χ2n) is 5.59. The van der Waals surface area contributed by atoms with Crippen molar-refractivity contribution in [2.75, 3.05) is 14.1 Å². The average Bonchev–Trinajstić information content (AvgIpc) is 2.13. The van der Waals surface area contributed by atoms with Gasteiger partial charge in [0, 0.05) is 20.1 Å². The Labute approximate surface area is 99.6 Å². The van der Waals surface area contributed by atoms with E-state index in [1.54, 1.807) is 19.0 Å². The van der Waals surface area contributed by atoms with Crippen molar-refractivity contribution in [2.24, 2.45) is 17.8 Å². The van der Waals surface area contributed by atoms with E-state index < -0.39 is 0 Å². The summed E-state index contributed by atoms with van der Waals surface area (Å²) in [7, 11) is 3.57. The highest BCUT2D eigenvalue weighted by molar-refractivity contribution is 5.73. The molecule has 1 N–H and O–H groups in total. The number of hydrogen-bond acceptors (Lipinski definition) is 1. The molecule has 1 saturated carbocycles. The topological polar surface area (TPSA) is 32.3 Å². The Morgan fingerprint density at radius 3 is 2.31 bits per heavy atom. The van der Waals surface area contributed by atoms with Crippen molar-refractivity contribution in [3.8, 4) is 0 Å². The van der Waals surface area contributed by atoms with Crippen LogP contribution in [0.4, 0.5) is 4.79 Å². The fraction of sp³-hybridized carbons (Fsp3) is 0.923. The van der Waals surface area contributed by atoms with Gasteiger partial charge in [0.1, 0.15) is 0 Å². The summed E-state index contributed by atoms with van der Waals surface area (Å²) in [4.78, 5) is 13.0. The zero-order valence-corrected chi connectivity index (χ0v) is 11.3. The molecule has 0 heterocycles. The molecule has 0 bridgehead atoms. The van der Waals surface area contributed by atoms with Crippen molar-refractivity contribution in [1.82, 2.24) is 10.2 Å². The lowest BCUT2D eigenvalue weighted by Crippen LogP contribution is -2.49. The Morgan fingerprint density at radius 1 is 1.38 bits per heavy atom. The molecule has 0 aromatic heterocycles. The lowest BCUT2D eigenvalue weighted by molar-refractivity contribution is 0.113. The van der Waals surface area contributed by atoms with Gasteiger partial charge in [-0.05, 0) is 30.6 Å². The van der Waals surface area contributed by atoms with E-state index in [0.717, 1.165) is 30.6 Å². The standard InChI is InChI=1S/C13H26N2O/c1-6-12(9(2)3)10-7-11(8-10)14-13(16)15(4)5/h9-12H,6-8H2,1-5H3,(H,14,16). The van der Waals surface area contributed by atoms with Gasteiger partial charge in [0.25, 0.3) is 0 Å². The normalized spacial score (nSPS) is 26.1. The van der Waals surface area contributed by atoms with Gasteiger partial charge in [-0.25, -0.2) is 4.79 Å². The second kappa shape index (κ2) is 5.55. The summed E-state index contributed by atoms with van der Waals surface area (Å²) >= 11 is 0. The summed E-state index contributed by atoms with van der Waals surface area (Å²) in [6, 6.07) is 0.453. The summed E-state index contributed by atoms with van der Waals surface area (Å²) in [6.07, 6.45) is 3.59. The SMILES string of the molecule is CCC(C(C)C)C1CC(NC(=O)N(C)C)C1. The Bertz CT molecular complexity index is 232. The molecule has 0 aromatic carbocycles. The summed E-state index contributed by atoms with van der Waals surface area (Å²) in [5.74, 6) is 2.41. The number of nitrogens with one attached hydrogen (secondary N) is 1. The molecule has 1 fully saturated rings. The molecule has 3 nitrogen and oxygen atoms in total. The van der Waals surface area contributed by atoms with Gasteiger partial charge >= 0.3 is 6.03 Å². The predicted octanol–water partition coefficient (Wildman–Crippen LogP) is 2.72. The van der Waals surface area contributed by atoms with Crippen molar-refractivity contribution in [3.05, 3.63) is 0 Å². The maximum Gasteiger partial charge on any atom is 0.317 e.